The quantitative estimate of drug-likeness (QED) is 0.532. The molecule has 0 radical (unpaired) electrons. The number of fused-ring (bicyclic) bond motifs is 1. The second-order valence-electron chi connectivity index (χ2n) is 6.62. The number of thiophene rings is 1. The minimum absolute atomic E-state index is 0.0145. The Morgan fingerprint density at radius 2 is 1.87 bits per heavy atom. The van der Waals surface area contributed by atoms with E-state index in [1.54, 1.807) is 36.6 Å². The first-order valence-corrected chi connectivity index (χ1v) is 10.9. The van der Waals surface area contributed by atoms with Crippen molar-refractivity contribution in [1.82, 2.24) is 9.78 Å². The van der Waals surface area contributed by atoms with Gasteiger partial charge >= 0.3 is 5.97 Å². The monoisotopic (exact) mass is 447 g/mol. The number of aromatic nitrogens is 2. The van der Waals surface area contributed by atoms with E-state index in [-0.39, 0.29) is 29.5 Å². The average Bonchev–Trinajstić information content (AvgIpc) is 3.14. The molecule has 3 rings (SSSR count). The van der Waals surface area contributed by atoms with E-state index in [9.17, 15) is 14.4 Å². The zero-order valence-electron chi connectivity index (χ0n) is 16.9. The number of benzene rings is 1. The number of anilines is 1. The van der Waals surface area contributed by atoms with Gasteiger partial charge in [0.05, 0.1) is 17.7 Å². The molecule has 0 aliphatic rings. The molecule has 0 unspecified atom stereocenters. The Hall–Kier alpha value is -2.71. The highest BCUT2D eigenvalue weighted by Gasteiger charge is 2.24. The van der Waals surface area contributed by atoms with Gasteiger partial charge in [-0.15, -0.1) is 11.3 Å². The summed E-state index contributed by atoms with van der Waals surface area (Å²) >= 11 is 7.14. The molecular formula is C21H22ClN3O4S. The highest BCUT2D eigenvalue weighted by molar-refractivity contribution is 7.16. The van der Waals surface area contributed by atoms with Gasteiger partial charge in [-0.05, 0) is 44.0 Å². The SMILES string of the molecule is CCOC(=O)c1nn(-c2ccc(Cl)cc2)c(=O)c2c(NC(=O)C(CC)CC)scc12. The fraction of sp³-hybridized carbons (Fsp3) is 0.333. The van der Waals surface area contributed by atoms with Crippen LogP contribution in [0.5, 0.6) is 0 Å². The molecule has 1 aromatic carbocycles. The van der Waals surface area contributed by atoms with E-state index < -0.39 is 11.5 Å². The third kappa shape index (κ3) is 4.24. The van der Waals surface area contributed by atoms with E-state index >= 15 is 0 Å². The summed E-state index contributed by atoms with van der Waals surface area (Å²) in [6.07, 6.45) is 1.38. The molecule has 30 heavy (non-hydrogen) atoms. The van der Waals surface area contributed by atoms with Gasteiger partial charge in [-0.1, -0.05) is 25.4 Å². The van der Waals surface area contributed by atoms with Crippen molar-refractivity contribution in [2.75, 3.05) is 11.9 Å². The van der Waals surface area contributed by atoms with Crippen molar-refractivity contribution < 1.29 is 14.3 Å². The molecule has 0 aliphatic carbocycles. The summed E-state index contributed by atoms with van der Waals surface area (Å²) in [5, 5.41) is 10.2. The summed E-state index contributed by atoms with van der Waals surface area (Å²) in [6.45, 7) is 5.75. The van der Waals surface area contributed by atoms with Crippen LogP contribution < -0.4 is 10.9 Å². The molecule has 0 fully saturated rings. The minimum atomic E-state index is -0.638. The summed E-state index contributed by atoms with van der Waals surface area (Å²) in [5.74, 6) is -0.955. The highest BCUT2D eigenvalue weighted by atomic mass is 35.5. The average molecular weight is 448 g/mol. The van der Waals surface area contributed by atoms with E-state index in [4.69, 9.17) is 16.3 Å². The zero-order chi connectivity index (χ0) is 21.8. The number of halogens is 1. The molecule has 2 aromatic heterocycles. The van der Waals surface area contributed by atoms with Crippen molar-refractivity contribution in [3.05, 3.63) is 50.7 Å². The summed E-state index contributed by atoms with van der Waals surface area (Å²) < 4.78 is 6.26. The number of nitrogens with zero attached hydrogens (tertiary/aromatic N) is 2. The maximum Gasteiger partial charge on any atom is 0.359 e. The molecule has 9 heteroatoms. The van der Waals surface area contributed by atoms with E-state index in [0.717, 1.165) is 4.68 Å². The molecule has 158 valence electrons. The van der Waals surface area contributed by atoms with Crippen molar-refractivity contribution in [3.8, 4) is 5.69 Å². The fourth-order valence-corrected chi connectivity index (χ4v) is 4.19. The number of rotatable bonds is 7. The smallest absolute Gasteiger partial charge is 0.359 e. The molecule has 0 aliphatic heterocycles. The van der Waals surface area contributed by atoms with Crippen molar-refractivity contribution in [2.24, 2.45) is 5.92 Å². The number of amides is 1. The van der Waals surface area contributed by atoms with Crippen molar-refractivity contribution in [2.45, 2.75) is 33.6 Å². The Kier molecular flexibility index (Phi) is 6.89. The lowest BCUT2D eigenvalue weighted by molar-refractivity contribution is -0.120. The van der Waals surface area contributed by atoms with Gasteiger partial charge in [0.2, 0.25) is 5.91 Å². The van der Waals surface area contributed by atoms with Crippen molar-refractivity contribution >= 4 is 50.6 Å². The number of esters is 1. The van der Waals surface area contributed by atoms with Crippen LogP contribution in [0, 0.1) is 5.92 Å². The molecule has 1 amide bonds. The number of hydrogen-bond donors (Lipinski definition) is 1. The van der Waals surface area contributed by atoms with Crippen LogP contribution in [0.4, 0.5) is 5.00 Å². The van der Waals surface area contributed by atoms with Gasteiger partial charge in [0.1, 0.15) is 5.00 Å². The van der Waals surface area contributed by atoms with Gasteiger partial charge in [-0.2, -0.15) is 9.78 Å². The predicted octanol–water partition coefficient (Wildman–Crippen LogP) is 4.65. The van der Waals surface area contributed by atoms with E-state index in [2.05, 4.69) is 10.4 Å². The summed E-state index contributed by atoms with van der Waals surface area (Å²) in [6, 6.07) is 6.52. The van der Waals surface area contributed by atoms with Crippen LogP contribution in [0.15, 0.2) is 34.4 Å². The molecule has 1 N–H and O–H groups in total. The van der Waals surface area contributed by atoms with Crippen LogP contribution in [0.3, 0.4) is 0 Å². The highest BCUT2D eigenvalue weighted by Crippen LogP contribution is 2.31. The number of nitrogens with one attached hydrogen (secondary N) is 1. The van der Waals surface area contributed by atoms with Gasteiger partial charge in [0, 0.05) is 21.7 Å². The van der Waals surface area contributed by atoms with E-state index in [1.165, 1.54) is 11.3 Å². The normalized spacial score (nSPS) is 11.1. The van der Waals surface area contributed by atoms with Crippen LogP contribution in [0.1, 0.15) is 44.1 Å². The third-order valence-electron chi connectivity index (χ3n) is 4.79. The molecule has 0 spiro atoms. The van der Waals surface area contributed by atoms with Gasteiger partial charge < -0.3 is 10.1 Å². The Bertz CT molecular complexity index is 1130. The lowest BCUT2D eigenvalue weighted by atomic mass is 10.0. The van der Waals surface area contributed by atoms with Crippen LogP contribution >= 0.6 is 22.9 Å². The standard InChI is InChI=1S/C21H22ClN3O4S/c1-4-12(5-2)18(26)23-19-16-15(11-30-19)17(21(28)29-6-3)24-25(20(16)27)14-9-7-13(22)8-10-14/h7-12H,4-6H2,1-3H3,(H,23,26). The largest absolute Gasteiger partial charge is 0.461 e. The first-order chi connectivity index (χ1) is 14.4. The number of carbonyl (C=O) groups excluding carboxylic acids is 2. The third-order valence-corrected chi connectivity index (χ3v) is 5.93. The van der Waals surface area contributed by atoms with Gasteiger partial charge in [0.25, 0.3) is 5.56 Å². The molecule has 0 saturated carbocycles. The van der Waals surface area contributed by atoms with Gasteiger partial charge in [-0.3, -0.25) is 9.59 Å². The molecule has 0 bridgehead atoms. The van der Waals surface area contributed by atoms with E-state index in [1.807, 2.05) is 13.8 Å². The number of ether oxygens (including phenoxy) is 1. The predicted molar refractivity (Wildman–Crippen MR) is 119 cm³/mol. The van der Waals surface area contributed by atoms with Crippen LogP contribution in [0.2, 0.25) is 5.02 Å². The molecule has 0 saturated heterocycles. The van der Waals surface area contributed by atoms with Crippen molar-refractivity contribution in [3.63, 3.8) is 0 Å². The maximum absolute atomic E-state index is 13.3. The molecular weight excluding hydrogens is 426 g/mol. The number of hydrogen-bond acceptors (Lipinski definition) is 6. The van der Waals surface area contributed by atoms with Crippen LogP contribution in [-0.4, -0.2) is 28.3 Å². The Balaban J connectivity index is 2.21. The number of carbonyl (C=O) groups is 2. The van der Waals surface area contributed by atoms with Gasteiger partial charge in [0.15, 0.2) is 5.69 Å². The fourth-order valence-electron chi connectivity index (χ4n) is 3.12. The maximum atomic E-state index is 13.3. The molecule has 0 atom stereocenters. The Labute approximate surface area is 182 Å². The first-order valence-electron chi connectivity index (χ1n) is 9.69. The topological polar surface area (TPSA) is 90.3 Å². The Morgan fingerprint density at radius 3 is 2.47 bits per heavy atom. The van der Waals surface area contributed by atoms with Gasteiger partial charge in [-0.25, -0.2) is 4.79 Å². The lowest BCUT2D eigenvalue weighted by Crippen LogP contribution is -2.26. The second kappa shape index (κ2) is 9.40. The summed E-state index contributed by atoms with van der Waals surface area (Å²) in [7, 11) is 0. The molecule has 7 nitrogen and oxygen atoms in total. The summed E-state index contributed by atoms with van der Waals surface area (Å²) in [5.41, 5.74) is 0.0162. The van der Waals surface area contributed by atoms with Crippen molar-refractivity contribution in [1.29, 1.82) is 0 Å². The first kappa shape index (κ1) is 22.0. The Morgan fingerprint density at radius 1 is 1.20 bits per heavy atom. The summed E-state index contributed by atoms with van der Waals surface area (Å²) in [4.78, 5) is 38.4. The molecule has 2 heterocycles. The minimum Gasteiger partial charge on any atom is -0.461 e. The van der Waals surface area contributed by atoms with Crippen LogP contribution in [-0.2, 0) is 9.53 Å². The lowest BCUT2D eigenvalue weighted by Gasteiger charge is -2.13. The van der Waals surface area contributed by atoms with Crippen LogP contribution in [0.25, 0.3) is 16.5 Å². The zero-order valence-corrected chi connectivity index (χ0v) is 18.5. The van der Waals surface area contributed by atoms with E-state index in [0.29, 0.717) is 33.9 Å². The second-order valence-corrected chi connectivity index (χ2v) is 7.93. The molecule has 3 aromatic rings.